The molecule has 5 nitrogen and oxygen atoms in total. The summed E-state index contributed by atoms with van der Waals surface area (Å²) >= 11 is 6.07. The zero-order chi connectivity index (χ0) is 14.2. The maximum Gasteiger partial charge on any atom is 0.352 e. The van der Waals surface area contributed by atoms with Gasteiger partial charge in [-0.2, -0.15) is 0 Å². The van der Waals surface area contributed by atoms with Crippen LogP contribution in [-0.2, 0) is 11.2 Å². The third-order valence-corrected chi connectivity index (χ3v) is 3.21. The van der Waals surface area contributed by atoms with E-state index in [-0.39, 0.29) is 18.5 Å². The lowest BCUT2D eigenvalue weighted by Crippen LogP contribution is -2.04. The molecule has 0 bridgehead atoms. The number of aliphatic carboxylic acids is 1. The fourth-order valence-electron chi connectivity index (χ4n) is 2.12. The molecule has 6 heteroatoms. The molecule has 0 unspecified atom stereocenters. The molecule has 0 saturated heterocycles. The van der Waals surface area contributed by atoms with Crippen LogP contribution < -0.4 is 0 Å². The van der Waals surface area contributed by atoms with Gasteiger partial charge in [0, 0.05) is 11.8 Å². The van der Waals surface area contributed by atoms with E-state index in [1.807, 2.05) is 6.92 Å². The molecule has 1 heterocycles. The predicted octanol–water partition coefficient (Wildman–Crippen LogP) is 2.85. The first-order valence-electron chi connectivity index (χ1n) is 5.66. The van der Waals surface area contributed by atoms with Gasteiger partial charge in [-0.05, 0) is 36.6 Å². The number of fused-ring (bicyclic) bond motifs is 1. The van der Waals surface area contributed by atoms with E-state index in [1.165, 1.54) is 0 Å². The Morgan fingerprint density at radius 3 is 2.58 bits per heavy atom. The van der Waals surface area contributed by atoms with Crippen molar-refractivity contribution in [3.63, 3.8) is 0 Å². The van der Waals surface area contributed by atoms with Crippen molar-refractivity contribution in [2.75, 3.05) is 0 Å². The summed E-state index contributed by atoms with van der Waals surface area (Å²) in [6.45, 7) is 1.85. The van der Waals surface area contributed by atoms with Crippen LogP contribution in [0.15, 0.2) is 12.1 Å². The summed E-state index contributed by atoms with van der Waals surface area (Å²) in [7, 11) is 0. The van der Waals surface area contributed by atoms with Crippen LogP contribution in [0, 0.1) is 6.92 Å². The summed E-state index contributed by atoms with van der Waals surface area (Å²) in [6, 6.07) is 3.54. The van der Waals surface area contributed by atoms with Gasteiger partial charge >= 0.3 is 11.9 Å². The molecule has 1 aromatic heterocycles. The maximum atomic E-state index is 11.2. The zero-order valence-corrected chi connectivity index (χ0v) is 10.9. The fourth-order valence-corrected chi connectivity index (χ4v) is 2.44. The highest BCUT2D eigenvalue weighted by Crippen LogP contribution is 2.30. The molecule has 0 fully saturated rings. The molecule has 0 atom stereocenters. The number of rotatable bonds is 4. The number of aryl methyl sites for hydroxylation is 2. The molecule has 100 valence electrons. The number of H-pyrrole nitrogens is 1. The van der Waals surface area contributed by atoms with Crippen molar-refractivity contribution < 1.29 is 19.8 Å². The monoisotopic (exact) mass is 281 g/mol. The molecule has 0 radical (unpaired) electrons. The van der Waals surface area contributed by atoms with Gasteiger partial charge in [-0.1, -0.05) is 11.6 Å². The van der Waals surface area contributed by atoms with Crippen molar-refractivity contribution in [2.45, 2.75) is 19.8 Å². The van der Waals surface area contributed by atoms with E-state index < -0.39 is 11.9 Å². The lowest BCUT2D eigenvalue weighted by atomic mass is 10.0. The van der Waals surface area contributed by atoms with E-state index in [2.05, 4.69) is 4.98 Å². The summed E-state index contributed by atoms with van der Waals surface area (Å²) in [5, 5.41) is 19.0. The van der Waals surface area contributed by atoms with Gasteiger partial charge in [0.05, 0.1) is 10.5 Å². The number of carboxylic acids is 2. The largest absolute Gasteiger partial charge is 0.481 e. The minimum atomic E-state index is -1.12. The average molecular weight is 282 g/mol. The van der Waals surface area contributed by atoms with Gasteiger partial charge in [0.25, 0.3) is 0 Å². The Balaban J connectivity index is 2.65. The van der Waals surface area contributed by atoms with Crippen LogP contribution in [0.2, 0.25) is 5.02 Å². The summed E-state index contributed by atoms with van der Waals surface area (Å²) in [4.78, 5) is 24.6. The maximum absolute atomic E-state index is 11.2. The van der Waals surface area contributed by atoms with Crippen LogP contribution in [0.3, 0.4) is 0 Å². The molecule has 0 aliphatic rings. The molecule has 0 aliphatic carbocycles. The quantitative estimate of drug-likeness (QED) is 0.804. The second kappa shape index (κ2) is 4.93. The first kappa shape index (κ1) is 13.4. The summed E-state index contributed by atoms with van der Waals surface area (Å²) in [6.07, 6.45) is 0.0234. The van der Waals surface area contributed by atoms with Gasteiger partial charge in [-0.3, -0.25) is 4.79 Å². The number of aromatic carboxylic acids is 1. The molecule has 19 heavy (non-hydrogen) atoms. The van der Waals surface area contributed by atoms with Gasteiger partial charge < -0.3 is 15.2 Å². The standard InChI is InChI=1S/C13H12ClNO4/c1-6-4-8-7(2-3-10(16)17)12(13(18)19)15-11(8)9(14)5-6/h4-5,15H,2-3H2,1H3,(H,16,17)(H,18,19). The van der Waals surface area contributed by atoms with Crippen LogP contribution in [-0.4, -0.2) is 27.1 Å². The minimum Gasteiger partial charge on any atom is -0.481 e. The first-order chi connectivity index (χ1) is 8.90. The Morgan fingerprint density at radius 1 is 1.32 bits per heavy atom. The van der Waals surface area contributed by atoms with Crippen LogP contribution in [0.25, 0.3) is 10.9 Å². The summed E-state index contributed by atoms with van der Waals surface area (Å²) in [5.41, 5.74) is 1.91. The second-order valence-electron chi connectivity index (χ2n) is 4.35. The third-order valence-electron chi connectivity index (χ3n) is 2.91. The molecule has 1 aromatic carbocycles. The van der Waals surface area contributed by atoms with Crippen LogP contribution >= 0.6 is 11.6 Å². The number of aromatic nitrogens is 1. The number of aromatic amines is 1. The Bertz CT molecular complexity index is 675. The Labute approximate surface area is 113 Å². The van der Waals surface area contributed by atoms with E-state index in [1.54, 1.807) is 12.1 Å². The number of halogens is 1. The summed E-state index contributed by atoms with van der Waals surface area (Å²) < 4.78 is 0. The van der Waals surface area contributed by atoms with Gasteiger partial charge in [-0.25, -0.2) is 4.79 Å². The van der Waals surface area contributed by atoms with Crippen molar-refractivity contribution in [2.24, 2.45) is 0 Å². The summed E-state index contributed by atoms with van der Waals surface area (Å²) in [5.74, 6) is -2.09. The molecule has 0 saturated carbocycles. The van der Waals surface area contributed by atoms with Crippen molar-refractivity contribution in [1.29, 1.82) is 0 Å². The third kappa shape index (κ3) is 2.56. The Hall–Kier alpha value is -2.01. The molecular weight excluding hydrogens is 270 g/mol. The average Bonchev–Trinajstić information content (AvgIpc) is 2.65. The SMILES string of the molecule is Cc1cc(Cl)c2[nH]c(C(=O)O)c(CCC(=O)O)c2c1. The molecule has 0 aliphatic heterocycles. The van der Waals surface area contributed by atoms with E-state index in [4.69, 9.17) is 16.7 Å². The van der Waals surface area contributed by atoms with Crippen LogP contribution in [0.4, 0.5) is 0 Å². The number of hydrogen-bond donors (Lipinski definition) is 3. The zero-order valence-electron chi connectivity index (χ0n) is 10.2. The van der Waals surface area contributed by atoms with Crippen molar-refractivity contribution in [1.82, 2.24) is 4.98 Å². The molecule has 2 rings (SSSR count). The molecular formula is C13H12ClNO4. The highest BCUT2D eigenvalue weighted by atomic mass is 35.5. The lowest BCUT2D eigenvalue weighted by molar-refractivity contribution is -0.136. The second-order valence-corrected chi connectivity index (χ2v) is 4.75. The van der Waals surface area contributed by atoms with E-state index >= 15 is 0 Å². The Morgan fingerprint density at radius 2 is 2.00 bits per heavy atom. The molecule has 0 spiro atoms. The smallest absolute Gasteiger partial charge is 0.352 e. The van der Waals surface area contributed by atoms with Gasteiger partial charge in [0.1, 0.15) is 5.69 Å². The first-order valence-corrected chi connectivity index (χ1v) is 6.03. The van der Waals surface area contributed by atoms with Gasteiger partial charge in [-0.15, -0.1) is 0 Å². The van der Waals surface area contributed by atoms with Crippen LogP contribution in [0.5, 0.6) is 0 Å². The number of carbonyl (C=O) groups is 2. The van der Waals surface area contributed by atoms with E-state index in [0.29, 0.717) is 21.5 Å². The molecule has 0 amide bonds. The van der Waals surface area contributed by atoms with Crippen molar-refractivity contribution in [3.8, 4) is 0 Å². The van der Waals surface area contributed by atoms with Crippen molar-refractivity contribution >= 4 is 34.4 Å². The number of nitrogens with one attached hydrogen (secondary N) is 1. The highest BCUT2D eigenvalue weighted by Gasteiger charge is 2.19. The van der Waals surface area contributed by atoms with Crippen LogP contribution in [0.1, 0.15) is 28.0 Å². The number of carboxylic acid groups (broad SMARTS) is 2. The van der Waals surface area contributed by atoms with Crippen molar-refractivity contribution in [3.05, 3.63) is 34.0 Å². The number of benzene rings is 1. The molecule has 2 aromatic rings. The predicted molar refractivity (Wildman–Crippen MR) is 71.0 cm³/mol. The van der Waals surface area contributed by atoms with E-state index in [9.17, 15) is 14.7 Å². The van der Waals surface area contributed by atoms with Gasteiger partial charge in [0.2, 0.25) is 0 Å². The topological polar surface area (TPSA) is 90.4 Å². The van der Waals surface area contributed by atoms with E-state index in [0.717, 1.165) is 5.56 Å². The number of hydrogen-bond acceptors (Lipinski definition) is 2. The Kier molecular flexibility index (Phi) is 3.48. The lowest BCUT2D eigenvalue weighted by Gasteiger charge is -2.01. The normalized spacial score (nSPS) is 10.8. The van der Waals surface area contributed by atoms with Gasteiger partial charge in [0.15, 0.2) is 0 Å². The highest BCUT2D eigenvalue weighted by molar-refractivity contribution is 6.35. The minimum absolute atomic E-state index is 0.00347. The molecule has 3 N–H and O–H groups in total. The fraction of sp³-hybridized carbons (Fsp3) is 0.231.